The summed E-state index contributed by atoms with van der Waals surface area (Å²) in [6.45, 7) is 4.40. The van der Waals surface area contributed by atoms with Gasteiger partial charge in [0, 0.05) is 11.6 Å². The van der Waals surface area contributed by atoms with Crippen molar-refractivity contribution in [2.75, 3.05) is 0 Å². The molecule has 0 aromatic heterocycles. The van der Waals surface area contributed by atoms with Crippen LogP contribution in [0.1, 0.15) is 13.8 Å². The van der Waals surface area contributed by atoms with Gasteiger partial charge in [0.15, 0.2) is 0 Å². The molecule has 0 spiro atoms. The van der Waals surface area contributed by atoms with Gasteiger partial charge < -0.3 is 0 Å². The number of allylic oxidation sites excluding steroid dienone is 7. The maximum absolute atomic E-state index is 4.41. The van der Waals surface area contributed by atoms with Crippen molar-refractivity contribution in [1.29, 1.82) is 0 Å². The third kappa shape index (κ3) is 1.31. The summed E-state index contributed by atoms with van der Waals surface area (Å²) < 4.78 is 0. The second kappa shape index (κ2) is 2.84. The highest BCUT2D eigenvalue weighted by Crippen LogP contribution is 2.38. The van der Waals surface area contributed by atoms with Crippen LogP contribution in [0.2, 0.25) is 0 Å². The van der Waals surface area contributed by atoms with Gasteiger partial charge in [0.05, 0.1) is 5.70 Å². The van der Waals surface area contributed by atoms with E-state index < -0.39 is 0 Å². The first-order valence-electron chi connectivity index (χ1n) is 4.51. The van der Waals surface area contributed by atoms with Crippen LogP contribution >= 0.6 is 0 Å². The zero-order valence-corrected chi connectivity index (χ0v) is 7.99. The lowest BCUT2D eigenvalue weighted by molar-refractivity contribution is 0.549. The van der Waals surface area contributed by atoms with Crippen LogP contribution in [0.5, 0.6) is 0 Å². The summed E-state index contributed by atoms with van der Waals surface area (Å²) in [4.78, 5) is 4.41. The first-order chi connectivity index (χ1) is 6.21. The van der Waals surface area contributed by atoms with Crippen molar-refractivity contribution in [2.24, 2.45) is 10.4 Å². The number of hydrogen-bond donors (Lipinski definition) is 0. The predicted octanol–water partition coefficient (Wildman–Crippen LogP) is 3.03. The SMILES string of the molecule is CC1(C)C2=CC=CC=C1N=CC=C2. The third-order valence-electron chi connectivity index (χ3n) is 2.58. The monoisotopic (exact) mass is 171 g/mol. The van der Waals surface area contributed by atoms with E-state index in [4.69, 9.17) is 0 Å². The van der Waals surface area contributed by atoms with Crippen LogP contribution in [0.4, 0.5) is 0 Å². The molecule has 0 N–H and O–H groups in total. The van der Waals surface area contributed by atoms with Gasteiger partial charge in [0.1, 0.15) is 0 Å². The van der Waals surface area contributed by atoms with Crippen LogP contribution < -0.4 is 0 Å². The van der Waals surface area contributed by atoms with E-state index in [0.717, 1.165) is 5.70 Å². The first-order valence-corrected chi connectivity index (χ1v) is 4.51. The van der Waals surface area contributed by atoms with Crippen molar-refractivity contribution in [2.45, 2.75) is 13.8 Å². The Labute approximate surface area is 78.9 Å². The number of fused-ring (bicyclic) bond motifs is 2. The van der Waals surface area contributed by atoms with E-state index in [1.807, 2.05) is 18.4 Å². The van der Waals surface area contributed by atoms with Gasteiger partial charge in [-0.3, -0.25) is 4.99 Å². The van der Waals surface area contributed by atoms with Gasteiger partial charge >= 0.3 is 0 Å². The lowest BCUT2D eigenvalue weighted by atomic mass is 9.81. The van der Waals surface area contributed by atoms with E-state index in [9.17, 15) is 0 Å². The molecule has 0 saturated heterocycles. The topological polar surface area (TPSA) is 12.4 Å². The highest BCUT2D eigenvalue weighted by molar-refractivity contribution is 5.75. The largest absolute Gasteiger partial charge is 0.260 e. The molecule has 0 unspecified atom stereocenters. The molecule has 0 aromatic rings. The van der Waals surface area contributed by atoms with Crippen LogP contribution in [-0.4, -0.2) is 6.21 Å². The molecule has 0 fully saturated rings. The summed E-state index contributed by atoms with van der Waals surface area (Å²) in [5.41, 5.74) is 2.47. The van der Waals surface area contributed by atoms with Crippen LogP contribution in [-0.2, 0) is 0 Å². The van der Waals surface area contributed by atoms with E-state index in [0.29, 0.717) is 0 Å². The van der Waals surface area contributed by atoms with Crippen molar-refractivity contribution in [1.82, 2.24) is 0 Å². The molecule has 0 saturated carbocycles. The number of hydrogen-bond acceptors (Lipinski definition) is 1. The number of nitrogens with zero attached hydrogens (tertiary/aromatic N) is 1. The second-order valence-electron chi connectivity index (χ2n) is 3.82. The van der Waals surface area contributed by atoms with Crippen LogP contribution in [0.15, 0.2) is 52.7 Å². The lowest BCUT2D eigenvalue weighted by Gasteiger charge is -2.24. The minimum atomic E-state index is 0.0347. The Balaban J connectivity index is 2.63. The summed E-state index contributed by atoms with van der Waals surface area (Å²) in [5.74, 6) is 0. The smallest absolute Gasteiger partial charge is 0.0503 e. The molecule has 1 nitrogen and oxygen atoms in total. The van der Waals surface area contributed by atoms with Gasteiger partial charge in [-0.15, -0.1) is 0 Å². The number of rotatable bonds is 0. The van der Waals surface area contributed by atoms with Gasteiger partial charge in [-0.25, -0.2) is 0 Å². The van der Waals surface area contributed by atoms with E-state index in [2.05, 4.69) is 43.1 Å². The van der Waals surface area contributed by atoms with Crippen molar-refractivity contribution in [3.05, 3.63) is 47.7 Å². The summed E-state index contributed by atoms with van der Waals surface area (Å²) in [6.07, 6.45) is 14.3. The van der Waals surface area contributed by atoms with Crippen LogP contribution in [0.25, 0.3) is 0 Å². The van der Waals surface area contributed by atoms with Crippen LogP contribution in [0.3, 0.4) is 0 Å². The summed E-state index contributed by atoms with van der Waals surface area (Å²) >= 11 is 0. The van der Waals surface area contributed by atoms with E-state index in [1.54, 1.807) is 0 Å². The Kier molecular flexibility index (Phi) is 1.80. The number of aliphatic imine (C=N–C) groups is 1. The van der Waals surface area contributed by atoms with E-state index >= 15 is 0 Å². The van der Waals surface area contributed by atoms with Crippen LogP contribution in [0, 0.1) is 5.41 Å². The Hall–Kier alpha value is -1.37. The molecule has 1 heterocycles. The molecule has 0 radical (unpaired) electrons. The van der Waals surface area contributed by atoms with Crippen molar-refractivity contribution in [3.63, 3.8) is 0 Å². The second-order valence-corrected chi connectivity index (χ2v) is 3.82. The average molecular weight is 171 g/mol. The van der Waals surface area contributed by atoms with Crippen molar-refractivity contribution < 1.29 is 0 Å². The minimum absolute atomic E-state index is 0.0347. The zero-order valence-electron chi connectivity index (χ0n) is 7.99. The lowest BCUT2D eigenvalue weighted by Crippen LogP contribution is -2.14. The highest BCUT2D eigenvalue weighted by atomic mass is 14.8. The highest BCUT2D eigenvalue weighted by Gasteiger charge is 2.27. The average Bonchev–Trinajstić information content (AvgIpc) is 2.32. The fourth-order valence-corrected chi connectivity index (χ4v) is 1.61. The molecule has 0 amide bonds. The molecule has 2 aliphatic rings. The Morgan fingerprint density at radius 3 is 2.69 bits per heavy atom. The molecular weight excluding hydrogens is 158 g/mol. The quantitative estimate of drug-likeness (QED) is 0.531. The summed E-state index contributed by atoms with van der Waals surface area (Å²) in [6, 6.07) is 0. The van der Waals surface area contributed by atoms with Gasteiger partial charge in [-0.05, 0) is 17.7 Å². The predicted molar refractivity (Wildman–Crippen MR) is 56.7 cm³/mol. The Morgan fingerprint density at radius 2 is 1.85 bits per heavy atom. The van der Waals surface area contributed by atoms with Gasteiger partial charge in [0.2, 0.25) is 0 Å². The van der Waals surface area contributed by atoms with Gasteiger partial charge in [-0.1, -0.05) is 38.2 Å². The fraction of sp³-hybridized carbons (Fsp3) is 0.250. The van der Waals surface area contributed by atoms with Crippen molar-refractivity contribution in [3.8, 4) is 0 Å². The van der Waals surface area contributed by atoms with Gasteiger partial charge in [-0.2, -0.15) is 0 Å². The molecule has 0 atom stereocenters. The minimum Gasteiger partial charge on any atom is -0.260 e. The molecule has 2 rings (SSSR count). The van der Waals surface area contributed by atoms with Crippen molar-refractivity contribution >= 4 is 6.21 Å². The maximum Gasteiger partial charge on any atom is 0.0503 e. The molecule has 66 valence electrons. The normalized spacial score (nSPS) is 23.2. The Bertz CT molecular complexity index is 329. The Morgan fingerprint density at radius 1 is 1.08 bits per heavy atom. The molecule has 2 bridgehead atoms. The molecule has 1 heteroatoms. The van der Waals surface area contributed by atoms with Gasteiger partial charge in [0.25, 0.3) is 0 Å². The molecule has 13 heavy (non-hydrogen) atoms. The van der Waals surface area contributed by atoms with E-state index in [1.165, 1.54) is 5.57 Å². The molecule has 0 aromatic carbocycles. The fourth-order valence-electron chi connectivity index (χ4n) is 1.61. The summed E-state index contributed by atoms with van der Waals surface area (Å²) in [7, 11) is 0. The third-order valence-corrected chi connectivity index (χ3v) is 2.58. The molecule has 1 aliphatic heterocycles. The first kappa shape index (κ1) is 8.24. The maximum atomic E-state index is 4.41. The zero-order chi connectivity index (χ0) is 9.31. The standard InChI is InChI=1S/C12H13N/c1-12(2)10-6-3-4-8-11(12)13-9-5-7-10/h3-9H,1-2H3. The van der Waals surface area contributed by atoms with E-state index in [-0.39, 0.29) is 5.41 Å². The molecular formula is C12H13N. The molecule has 1 aliphatic carbocycles. The summed E-state index contributed by atoms with van der Waals surface area (Å²) in [5, 5.41) is 0.